The fourth-order valence-electron chi connectivity index (χ4n) is 4.40. The van der Waals surface area contributed by atoms with Gasteiger partial charge in [-0.05, 0) is 53.1 Å². The Balaban J connectivity index is 0.000000364. The van der Waals surface area contributed by atoms with Crippen LogP contribution in [0.4, 0.5) is 17.6 Å². The van der Waals surface area contributed by atoms with Crippen molar-refractivity contribution in [3.05, 3.63) is 83.9 Å². The first-order chi connectivity index (χ1) is 16.5. The Morgan fingerprint density at radius 3 is 2.29 bits per heavy atom. The van der Waals surface area contributed by atoms with E-state index in [2.05, 4.69) is 9.88 Å². The molecule has 35 heavy (non-hydrogen) atoms. The van der Waals surface area contributed by atoms with Crippen molar-refractivity contribution in [1.82, 2.24) is 9.88 Å². The molecule has 1 saturated heterocycles. The van der Waals surface area contributed by atoms with E-state index >= 15 is 0 Å². The van der Waals surface area contributed by atoms with E-state index in [9.17, 15) is 26.0 Å². The van der Waals surface area contributed by atoms with Crippen LogP contribution in [-0.4, -0.2) is 53.9 Å². The quantitative estimate of drug-likeness (QED) is 0.532. The molecule has 0 radical (unpaired) electrons. The van der Waals surface area contributed by atoms with Crippen LogP contribution in [-0.2, 0) is 21.2 Å². The fraction of sp³-hybridized carbons (Fsp3) is 0.250. The number of alkyl halides is 3. The summed E-state index contributed by atoms with van der Waals surface area (Å²) in [6.07, 6.45) is -3.33. The molecule has 1 fully saturated rings. The molecule has 5 rings (SSSR count). The van der Waals surface area contributed by atoms with Crippen LogP contribution in [0.2, 0.25) is 0 Å². The average Bonchev–Trinajstić information content (AvgIpc) is 3.31. The van der Waals surface area contributed by atoms with Crippen LogP contribution in [0.5, 0.6) is 0 Å². The first-order valence-corrected chi connectivity index (χ1v) is 12.1. The third kappa shape index (κ3) is 5.20. The van der Waals surface area contributed by atoms with Gasteiger partial charge in [-0.3, -0.25) is 9.88 Å². The number of carboxylic acids is 1. The van der Waals surface area contributed by atoms with Gasteiger partial charge in [0.2, 0.25) is 0 Å². The molecule has 1 N–H and O–H groups in total. The van der Waals surface area contributed by atoms with Crippen LogP contribution >= 0.6 is 0 Å². The van der Waals surface area contributed by atoms with Gasteiger partial charge in [-0.25, -0.2) is 17.6 Å². The van der Waals surface area contributed by atoms with Gasteiger partial charge in [0.1, 0.15) is 5.82 Å². The van der Waals surface area contributed by atoms with E-state index < -0.39 is 27.2 Å². The summed E-state index contributed by atoms with van der Waals surface area (Å²) in [5, 5.41) is 6.72. The largest absolute Gasteiger partial charge is 0.490 e. The number of likely N-dealkylation sites (tertiary alicyclic amines) is 1. The van der Waals surface area contributed by atoms with Crippen molar-refractivity contribution in [3.63, 3.8) is 0 Å². The average molecular weight is 508 g/mol. The molecular formula is C24H20F4N2O4S. The Bertz CT molecular complexity index is 1330. The number of hydrogen-bond acceptors (Lipinski definition) is 5. The molecule has 2 unspecified atom stereocenters. The SMILES string of the molecule is O=C(O)C(F)(F)F.O=S1(=O)c2ccc(-c3ccc(F)cc3)cc2C2CN(Cc3ccccn3)CC21. The summed E-state index contributed by atoms with van der Waals surface area (Å²) >= 11 is 0. The number of pyridine rings is 1. The van der Waals surface area contributed by atoms with Crippen LogP contribution < -0.4 is 0 Å². The Kier molecular flexibility index (Phi) is 6.65. The normalized spacial score (nSPS) is 20.5. The molecule has 0 bridgehead atoms. The van der Waals surface area contributed by atoms with E-state index in [0.29, 0.717) is 24.5 Å². The lowest BCUT2D eigenvalue weighted by Gasteiger charge is -2.17. The summed E-state index contributed by atoms with van der Waals surface area (Å²) in [6.45, 7) is 1.86. The molecular weight excluding hydrogens is 488 g/mol. The van der Waals surface area contributed by atoms with Gasteiger partial charge in [0, 0.05) is 31.7 Å². The molecule has 0 amide bonds. The number of benzene rings is 2. The van der Waals surface area contributed by atoms with Crippen LogP contribution in [0.15, 0.2) is 71.8 Å². The van der Waals surface area contributed by atoms with Gasteiger partial charge in [-0.1, -0.05) is 24.3 Å². The maximum absolute atomic E-state index is 13.2. The van der Waals surface area contributed by atoms with Gasteiger partial charge in [0.05, 0.1) is 15.8 Å². The van der Waals surface area contributed by atoms with Crippen molar-refractivity contribution in [2.75, 3.05) is 13.1 Å². The van der Waals surface area contributed by atoms with Crippen LogP contribution in [0, 0.1) is 5.82 Å². The smallest absolute Gasteiger partial charge is 0.475 e. The highest BCUT2D eigenvalue weighted by atomic mass is 32.2. The van der Waals surface area contributed by atoms with Crippen molar-refractivity contribution < 1.29 is 35.9 Å². The maximum atomic E-state index is 13.2. The first-order valence-electron chi connectivity index (χ1n) is 10.5. The second-order valence-electron chi connectivity index (χ2n) is 8.27. The predicted octanol–water partition coefficient (Wildman–Crippen LogP) is 4.28. The fourth-order valence-corrected chi connectivity index (χ4v) is 6.59. The molecule has 2 aliphatic heterocycles. The number of carboxylic acid groups (broad SMARTS) is 1. The molecule has 2 atom stereocenters. The molecule has 3 heterocycles. The van der Waals surface area contributed by atoms with Crippen molar-refractivity contribution in [1.29, 1.82) is 0 Å². The molecule has 2 aromatic carbocycles. The molecule has 11 heteroatoms. The minimum atomic E-state index is -5.08. The van der Waals surface area contributed by atoms with Gasteiger partial charge in [-0.2, -0.15) is 13.2 Å². The topological polar surface area (TPSA) is 87.6 Å². The molecule has 0 aliphatic carbocycles. The van der Waals surface area contributed by atoms with Gasteiger partial charge in [0.15, 0.2) is 9.84 Å². The number of fused-ring (bicyclic) bond motifs is 3. The lowest BCUT2D eigenvalue weighted by Crippen LogP contribution is -2.26. The van der Waals surface area contributed by atoms with Gasteiger partial charge in [0.25, 0.3) is 0 Å². The van der Waals surface area contributed by atoms with E-state index in [0.717, 1.165) is 22.4 Å². The number of halogens is 4. The third-order valence-electron chi connectivity index (χ3n) is 5.99. The summed E-state index contributed by atoms with van der Waals surface area (Å²) < 4.78 is 71.1. The number of carbonyl (C=O) groups is 1. The summed E-state index contributed by atoms with van der Waals surface area (Å²) in [6, 6.07) is 17.6. The number of hydrogen-bond donors (Lipinski definition) is 1. The highest BCUT2D eigenvalue weighted by molar-refractivity contribution is 7.92. The van der Waals surface area contributed by atoms with Crippen LogP contribution in [0.1, 0.15) is 17.2 Å². The molecule has 2 aliphatic rings. The Morgan fingerprint density at radius 1 is 1.03 bits per heavy atom. The Hall–Kier alpha value is -3.31. The molecule has 3 aromatic rings. The monoisotopic (exact) mass is 508 g/mol. The van der Waals surface area contributed by atoms with E-state index in [4.69, 9.17) is 9.90 Å². The number of sulfone groups is 1. The maximum Gasteiger partial charge on any atom is 0.490 e. The van der Waals surface area contributed by atoms with Crippen molar-refractivity contribution in [2.24, 2.45) is 0 Å². The second kappa shape index (κ2) is 9.38. The summed E-state index contributed by atoms with van der Waals surface area (Å²) in [4.78, 5) is 15.9. The van der Waals surface area contributed by atoms with Crippen LogP contribution in [0.25, 0.3) is 11.1 Å². The van der Waals surface area contributed by atoms with Gasteiger partial charge >= 0.3 is 12.1 Å². The minimum absolute atomic E-state index is 0.0379. The van der Waals surface area contributed by atoms with Crippen molar-refractivity contribution in [2.45, 2.75) is 28.8 Å². The van der Waals surface area contributed by atoms with E-state index in [1.165, 1.54) is 12.1 Å². The minimum Gasteiger partial charge on any atom is -0.475 e. The molecule has 0 spiro atoms. The summed E-state index contributed by atoms with van der Waals surface area (Å²) in [5.41, 5.74) is 3.63. The van der Waals surface area contributed by atoms with E-state index in [1.54, 1.807) is 24.4 Å². The highest BCUT2D eigenvalue weighted by Gasteiger charge is 2.50. The molecule has 1 aromatic heterocycles. The van der Waals surface area contributed by atoms with Crippen molar-refractivity contribution in [3.8, 4) is 11.1 Å². The zero-order valence-corrected chi connectivity index (χ0v) is 18.9. The highest BCUT2D eigenvalue weighted by Crippen LogP contribution is 2.46. The zero-order chi connectivity index (χ0) is 25.4. The Morgan fingerprint density at radius 2 is 1.69 bits per heavy atom. The first kappa shape index (κ1) is 24.8. The number of aromatic nitrogens is 1. The molecule has 184 valence electrons. The molecule has 6 nitrogen and oxygen atoms in total. The van der Waals surface area contributed by atoms with E-state index in [-0.39, 0.29) is 11.7 Å². The predicted molar refractivity (Wildman–Crippen MR) is 119 cm³/mol. The van der Waals surface area contributed by atoms with Crippen LogP contribution in [0.3, 0.4) is 0 Å². The van der Waals surface area contributed by atoms with Gasteiger partial charge < -0.3 is 5.11 Å². The van der Waals surface area contributed by atoms with Crippen molar-refractivity contribution >= 4 is 15.8 Å². The summed E-state index contributed by atoms with van der Waals surface area (Å²) in [5.74, 6) is -3.08. The number of rotatable bonds is 3. The third-order valence-corrected chi connectivity index (χ3v) is 8.25. The zero-order valence-electron chi connectivity index (χ0n) is 18.1. The standard InChI is InChI=1S/C22H19FN2O2S.C2HF3O2/c23-17-7-4-15(5-8-17)16-6-9-21-19(11-16)20-13-25(14-22(20)28(21,26)27)12-18-3-1-2-10-24-18;3-2(4,5)1(6)7/h1-11,20,22H,12-14H2;(H,6,7). The lowest BCUT2D eigenvalue weighted by molar-refractivity contribution is -0.192. The molecule has 0 saturated carbocycles. The number of nitrogens with zero attached hydrogens (tertiary/aromatic N) is 2. The van der Waals surface area contributed by atoms with Gasteiger partial charge in [-0.15, -0.1) is 0 Å². The Labute approximate surface area is 198 Å². The number of aliphatic carboxylic acids is 1. The second-order valence-corrected chi connectivity index (χ2v) is 10.4. The lowest BCUT2D eigenvalue weighted by atomic mass is 9.94. The summed E-state index contributed by atoms with van der Waals surface area (Å²) in [7, 11) is -3.34. The van der Waals surface area contributed by atoms with E-state index in [1.807, 2.05) is 30.3 Å².